The first kappa shape index (κ1) is 16.2. The summed E-state index contributed by atoms with van der Waals surface area (Å²) >= 11 is 0. The summed E-state index contributed by atoms with van der Waals surface area (Å²) in [5.74, 6) is 0.691. The minimum absolute atomic E-state index is 0.0594. The summed E-state index contributed by atoms with van der Waals surface area (Å²) in [5, 5.41) is 13.4. The first-order chi connectivity index (χ1) is 9.54. The number of hydrogen-bond donors (Lipinski definition) is 2. The van der Waals surface area contributed by atoms with Gasteiger partial charge in [0.1, 0.15) is 0 Å². The van der Waals surface area contributed by atoms with Gasteiger partial charge in [-0.3, -0.25) is 0 Å². The van der Waals surface area contributed by atoms with Crippen molar-refractivity contribution in [2.75, 3.05) is 33.4 Å². The van der Waals surface area contributed by atoms with Gasteiger partial charge in [-0.15, -0.1) is 0 Å². The molecular weight excluding hydrogens is 252 g/mol. The standard InChI is InChI=1S/C16H32N2O2/c1-13(2)17-16(12-19)7-6-15(9-16)18(3)10-14-5-4-8-20-11-14/h13-15,17,19H,4-12H2,1-3H3. The second kappa shape index (κ2) is 7.21. The molecule has 0 aromatic carbocycles. The van der Waals surface area contributed by atoms with Crippen LogP contribution in [-0.4, -0.2) is 61.0 Å². The molecule has 4 heteroatoms. The highest BCUT2D eigenvalue weighted by molar-refractivity contribution is 4.99. The van der Waals surface area contributed by atoms with E-state index in [1.165, 1.54) is 19.3 Å². The Labute approximate surface area is 123 Å². The average molecular weight is 284 g/mol. The van der Waals surface area contributed by atoms with E-state index in [9.17, 15) is 5.11 Å². The lowest BCUT2D eigenvalue weighted by molar-refractivity contribution is 0.0354. The molecule has 1 saturated carbocycles. The summed E-state index contributed by atoms with van der Waals surface area (Å²) in [6, 6.07) is 1.02. The van der Waals surface area contributed by atoms with E-state index in [-0.39, 0.29) is 12.1 Å². The maximum absolute atomic E-state index is 9.79. The van der Waals surface area contributed by atoms with Crippen molar-refractivity contribution in [3.05, 3.63) is 0 Å². The predicted octanol–water partition coefficient (Wildman–Crippen LogP) is 1.63. The second-order valence-electron chi connectivity index (χ2n) is 7.16. The average Bonchev–Trinajstić information content (AvgIpc) is 2.84. The molecule has 0 aromatic heterocycles. The van der Waals surface area contributed by atoms with Gasteiger partial charge in [-0.2, -0.15) is 0 Å². The van der Waals surface area contributed by atoms with Gasteiger partial charge in [0, 0.05) is 30.8 Å². The molecule has 4 nitrogen and oxygen atoms in total. The van der Waals surface area contributed by atoms with E-state index in [0.29, 0.717) is 18.0 Å². The molecule has 1 heterocycles. The molecule has 0 spiro atoms. The molecule has 1 aliphatic carbocycles. The van der Waals surface area contributed by atoms with E-state index in [0.717, 1.165) is 32.6 Å². The SMILES string of the molecule is CC(C)NC1(CO)CCC(N(C)CC2CCCOC2)C1. The molecule has 3 atom stereocenters. The second-order valence-corrected chi connectivity index (χ2v) is 7.16. The van der Waals surface area contributed by atoms with E-state index in [4.69, 9.17) is 4.74 Å². The van der Waals surface area contributed by atoms with Crippen molar-refractivity contribution < 1.29 is 9.84 Å². The molecule has 1 aliphatic heterocycles. The van der Waals surface area contributed by atoms with Crippen LogP contribution in [0.2, 0.25) is 0 Å². The summed E-state index contributed by atoms with van der Waals surface area (Å²) in [5.41, 5.74) is -0.0594. The highest BCUT2D eigenvalue weighted by atomic mass is 16.5. The third-order valence-corrected chi connectivity index (χ3v) is 4.90. The van der Waals surface area contributed by atoms with Crippen LogP contribution in [0.4, 0.5) is 0 Å². The molecular formula is C16H32N2O2. The number of hydrogen-bond acceptors (Lipinski definition) is 4. The minimum atomic E-state index is -0.0594. The zero-order valence-corrected chi connectivity index (χ0v) is 13.4. The first-order valence-electron chi connectivity index (χ1n) is 8.21. The molecule has 0 aromatic rings. The molecule has 2 aliphatic rings. The van der Waals surface area contributed by atoms with Crippen LogP contribution >= 0.6 is 0 Å². The maximum atomic E-state index is 9.79. The molecule has 0 amide bonds. The topological polar surface area (TPSA) is 44.7 Å². The van der Waals surface area contributed by atoms with Gasteiger partial charge in [0.15, 0.2) is 0 Å². The largest absolute Gasteiger partial charge is 0.394 e. The Morgan fingerprint density at radius 2 is 2.20 bits per heavy atom. The van der Waals surface area contributed by atoms with Crippen molar-refractivity contribution in [1.82, 2.24) is 10.2 Å². The smallest absolute Gasteiger partial charge is 0.0614 e. The number of nitrogens with zero attached hydrogens (tertiary/aromatic N) is 1. The Kier molecular flexibility index (Phi) is 5.84. The number of rotatable bonds is 6. The third-order valence-electron chi connectivity index (χ3n) is 4.90. The maximum Gasteiger partial charge on any atom is 0.0614 e. The number of aliphatic hydroxyl groups is 1. The minimum Gasteiger partial charge on any atom is -0.394 e. The van der Waals surface area contributed by atoms with Gasteiger partial charge in [-0.05, 0) is 45.1 Å². The van der Waals surface area contributed by atoms with Crippen LogP contribution in [0.5, 0.6) is 0 Å². The van der Waals surface area contributed by atoms with Crippen molar-refractivity contribution >= 4 is 0 Å². The van der Waals surface area contributed by atoms with E-state index in [1.807, 2.05) is 0 Å². The molecule has 2 fully saturated rings. The van der Waals surface area contributed by atoms with E-state index < -0.39 is 0 Å². The van der Waals surface area contributed by atoms with Crippen molar-refractivity contribution in [1.29, 1.82) is 0 Å². The number of nitrogens with one attached hydrogen (secondary N) is 1. The van der Waals surface area contributed by atoms with Gasteiger partial charge in [0.25, 0.3) is 0 Å². The quantitative estimate of drug-likeness (QED) is 0.778. The highest BCUT2D eigenvalue weighted by Crippen LogP contribution is 2.33. The third kappa shape index (κ3) is 4.17. The van der Waals surface area contributed by atoms with E-state index >= 15 is 0 Å². The summed E-state index contributed by atoms with van der Waals surface area (Å²) in [4.78, 5) is 2.50. The van der Waals surface area contributed by atoms with Crippen LogP contribution in [0.3, 0.4) is 0 Å². The van der Waals surface area contributed by atoms with Crippen LogP contribution < -0.4 is 5.32 Å². The summed E-state index contributed by atoms with van der Waals surface area (Å²) < 4.78 is 5.58. The van der Waals surface area contributed by atoms with Crippen LogP contribution in [0, 0.1) is 5.92 Å². The van der Waals surface area contributed by atoms with Crippen LogP contribution in [0.25, 0.3) is 0 Å². The zero-order chi connectivity index (χ0) is 14.6. The molecule has 0 bridgehead atoms. The van der Waals surface area contributed by atoms with Crippen LogP contribution in [-0.2, 0) is 4.74 Å². The van der Waals surface area contributed by atoms with Crippen molar-refractivity contribution in [2.24, 2.45) is 5.92 Å². The zero-order valence-electron chi connectivity index (χ0n) is 13.4. The summed E-state index contributed by atoms with van der Waals surface area (Å²) in [7, 11) is 2.24. The Bertz CT molecular complexity index is 292. The van der Waals surface area contributed by atoms with Gasteiger partial charge >= 0.3 is 0 Å². The Morgan fingerprint density at radius 3 is 2.80 bits per heavy atom. The van der Waals surface area contributed by atoms with Gasteiger partial charge in [-0.25, -0.2) is 0 Å². The van der Waals surface area contributed by atoms with Crippen LogP contribution in [0.1, 0.15) is 46.0 Å². The Morgan fingerprint density at radius 1 is 1.40 bits per heavy atom. The molecule has 0 radical (unpaired) electrons. The van der Waals surface area contributed by atoms with Crippen molar-refractivity contribution in [3.8, 4) is 0 Å². The lowest BCUT2D eigenvalue weighted by atomic mass is 9.96. The normalized spacial score (nSPS) is 35.1. The lowest BCUT2D eigenvalue weighted by Crippen LogP contribution is -2.50. The fourth-order valence-electron chi connectivity index (χ4n) is 3.91. The predicted molar refractivity (Wildman–Crippen MR) is 81.9 cm³/mol. The summed E-state index contributed by atoms with van der Waals surface area (Å²) in [6.07, 6.45) is 5.83. The van der Waals surface area contributed by atoms with Crippen molar-refractivity contribution in [3.63, 3.8) is 0 Å². The van der Waals surface area contributed by atoms with Gasteiger partial charge in [0.2, 0.25) is 0 Å². The number of ether oxygens (including phenoxy) is 1. The van der Waals surface area contributed by atoms with Crippen molar-refractivity contribution in [2.45, 2.75) is 63.6 Å². The monoisotopic (exact) mass is 284 g/mol. The fraction of sp³-hybridized carbons (Fsp3) is 1.00. The van der Waals surface area contributed by atoms with E-state index in [2.05, 4.69) is 31.1 Å². The summed E-state index contributed by atoms with van der Waals surface area (Å²) in [6.45, 7) is 7.57. The molecule has 118 valence electrons. The highest BCUT2D eigenvalue weighted by Gasteiger charge is 2.40. The Balaban J connectivity index is 1.83. The molecule has 20 heavy (non-hydrogen) atoms. The lowest BCUT2D eigenvalue weighted by Gasteiger charge is -2.34. The van der Waals surface area contributed by atoms with Gasteiger partial charge in [-0.1, -0.05) is 13.8 Å². The van der Waals surface area contributed by atoms with Gasteiger partial charge < -0.3 is 20.1 Å². The molecule has 3 unspecified atom stereocenters. The molecule has 1 saturated heterocycles. The van der Waals surface area contributed by atoms with Gasteiger partial charge in [0.05, 0.1) is 13.2 Å². The van der Waals surface area contributed by atoms with E-state index in [1.54, 1.807) is 0 Å². The molecule has 2 N–H and O–H groups in total. The fourth-order valence-corrected chi connectivity index (χ4v) is 3.91. The number of aliphatic hydroxyl groups excluding tert-OH is 1. The van der Waals surface area contributed by atoms with Crippen LogP contribution in [0.15, 0.2) is 0 Å². The Hall–Kier alpha value is -0.160. The first-order valence-corrected chi connectivity index (χ1v) is 8.21. The molecule has 2 rings (SSSR count).